The number of hydrogen-bond donors (Lipinski definition) is 0. The van der Waals surface area contributed by atoms with Crippen LogP contribution in [0.4, 0.5) is 4.39 Å². The third-order valence-corrected chi connectivity index (χ3v) is 3.59. The summed E-state index contributed by atoms with van der Waals surface area (Å²) < 4.78 is 18.5. The molecule has 0 fully saturated rings. The van der Waals surface area contributed by atoms with Gasteiger partial charge in [0.1, 0.15) is 18.2 Å². The van der Waals surface area contributed by atoms with Crippen molar-refractivity contribution in [2.45, 2.75) is 6.54 Å². The lowest BCUT2D eigenvalue weighted by Crippen LogP contribution is -2.30. The molecule has 0 N–H and O–H groups in total. The number of nitrogens with zero attached hydrogens (tertiary/aromatic N) is 1. The number of carbonyl (C=O) groups is 1. The molecule has 0 unspecified atom stereocenters. The normalized spacial score (nSPS) is 12.9. The number of carbonyl (C=O) groups excluding carboxylic acids is 1. The molecule has 0 aliphatic carbocycles. The first-order valence-electron chi connectivity index (χ1n) is 7.06. The first kappa shape index (κ1) is 14.3. The number of likely N-dealkylation sites (N-methyl/N-ethyl adjacent to an activating group) is 1. The molecule has 1 amide bonds. The summed E-state index contributed by atoms with van der Waals surface area (Å²) in [6, 6.07) is 13.8. The number of benzene rings is 2. The van der Waals surface area contributed by atoms with Gasteiger partial charge in [-0.15, -0.1) is 0 Å². The third kappa shape index (κ3) is 3.01. The molecule has 3 rings (SSSR count). The van der Waals surface area contributed by atoms with Gasteiger partial charge in [0.05, 0.1) is 5.57 Å². The van der Waals surface area contributed by atoms with Crippen molar-refractivity contribution in [1.82, 2.24) is 4.90 Å². The maximum Gasteiger partial charge on any atom is 0.253 e. The average molecular weight is 297 g/mol. The number of amides is 1. The van der Waals surface area contributed by atoms with Crippen LogP contribution in [0.3, 0.4) is 0 Å². The van der Waals surface area contributed by atoms with Crippen LogP contribution < -0.4 is 4.74 Å². The maximum atomic E-state index is 12.9. The Labute approximate surface area is 128 Å². The Hall–Kier alpha value is -2.62. The SMILES string of the molecule is CN(Cc1ccc(F)cc1)C(=O)C1=Cc2ccccc2OC1. The smallest absolute Gasteiger partial charge is 0.253 e. The van der Waals surface area contributed by atoms with E-state index in [-0.39, 0.29) is 18.3 Å². The number of para-hydroxylation sites is 1. The molecule has 112 valence electrons. The van der Waals surface area contributed by atoms with Crippen LogP contribution in [0, 0.1) is 5.82 Å². The van der Waals surface area contributed by atoms with Gasteiger partial charge in [0.2, 0.25) is 0 Å². The van der Waals surface area contributed by atoms with Crippen molar-refractivity contribution in [3.05, 3.63) is 71.0 Å². The summed E-state index contributed by atoms with van der Waals surface area (Å²) in [5.74, 6) is 0.428. The molecule has 0 saturated heterocycles. The van der Waals surface area contributed by atoms with E-state index in [0.29, 0.717) is 12.1 Å². The zero-order valence-corrected chi connectivity index (χ0v) is 12.3. The quantitative estimate of drug-likeness (QED) is 0.870. The van der Waals surface area contributed by atoms with Gasteiger partial charge >= 0.3 is 0 Å². The monoisotopic (exact) mass is 297 g/mol. The minimum Gasteiger partial charge on any atom is -0.488 e. The first-order chi connectivity index (χ1) is 10.6. The van der Waals surface area contributed by atoms with Gasteiger partial charge in [0.15, 0.2) is 0 Å². The maximum absolute atomic E-state index is 12.9. The molecule has 1 aliphatic rings. The number of rotatable bonds is 3. The fraction of sp³-hybridized carbons (Fsp3) is 0.167. The second-order valence-electron chi connectivity index (χ2n) is 5.28. The molecular weight excluding hydrogens is 281 g/mol. The number of fused-ring (bicyclic) bond motifs is 1. The van der Waals surface area contributed by atoms with Crippen molar-refractivity contribution >= 4 is 12.0 Å². The lowest BCUT2D eigenvalue weighted by atomic mass is 10.1. The molecule has 4 heteroatoms. The lowest BCUT2D eigenvalue weighted by molar-refractivity contribution is -0.126. The van der Waals surface area contributed by atoms with Gasteiger partial charge in [0, 0.05) is 19.2 Å². The Bertz CT molecular complexity index is 722. The van der Waals surface area contributed by atoms with Crippen LogP contribution in [0.25, 0.3) is 6.08 Å². The number of ether oxygens (including phenoxy) is 1. The van der Waals surface area contributed by atoms with Gasteiger partial charge in [-0.3, -0.25) is 4.79 Å². The zero-order chi connectivity index (χ0) is 15.5. The third-order valence-electron chi connectivity index (χ3n) is 3.59. The fourth-order valence-corrected chi connectivity index (χ4v) is 2.42. The average Bonchev–Trinajstić information content (AvgIpc) is 2.55. The van der Waals surface area contributed by atoms with E-state index in [2.05, 4.69) is 0 Å². The summed E-state index contributed by atoms with van der Waals surface area (Å²) in [4.78, 5) is 14.1. The molecule has 22 heavy (non-hydrogen) atoms. The van der Waals surface area contributed by atoms with E-state index >= 15 is 0 Å². The highest BCUT2D eigenvalue weighted by atomic mass is 19.1. The zero-order valence-electron chi connectivity index (χ0n) is 12.3. The topological polar surface area (TPSA) is 29.5 Å². The summed E-state index contributed by atoms with van der Waals surface area (Å²) in [5, 5.41) is 0. The molecule has 1 aliphatic heterocycles. The Balaban J connectivity index is 1.74. The molecule has 2 aromatic rings. The van der Waals surface area contributed by atoms with Crippen molar-refractivity contribution in [1.29, 1.82) is 0 Å². The van der Waals surface area contributed by atoms with Crippen LogP contribution in [0.15, 0.2) is 54.1 Å². The van der Waals surface area contributed by atoms with Gasteiger partial charge in [-0.2, -0.15) is 0 Å². The largest absolute Gasteiger partial charge is 0.488 e. The van der Waals surface area contributed by atoms with Crippen molar-refractivity contribution in [3.8, 4) is 5.75 Å². The van der Waals surface area contributed by atoms with Gasteiger partial charge in [-0.25, -0.2) is 4.39 Å². The standard InChI is InChI=1S/C18H16FNO2/c1-20(11-13-6-8-16(19)9-7-13)18(21)15-10-14-4-2-3-5-17(14)22-12-15/h2-10H,11-12H2,1H3. The van der Waals surface area contributed by atoms with E-state index in [0.717, 1.165) is 16.9 Å². The van der Waals surface area contributed by atoms with Gasteiger partial charge in [-0.1, -0.05) is 30.3 Å². The predicted octanol–water partition coefficient (Wildman–Crippen LogP) is 3.26. The van der Waals surface area contributed by atoms with Crippen LogP contribution >= 0.6 is 0 Å². The Morgan fingerprint density at radius 3 is 2.68 bits per heavy atom. The van der Waals surface area contributed by atoms with Crippen molar-refractivity contribution in [2.24, 2.45) is 0 Å². The molecule has 0 saturated carbocycles. The van der Waals surface area contributed by atoms with Crippen LogP contribution in [0.2, 0.25) is 0 Å². The van der Waals surface area contributed by atoms with Crippen molar-refractivity contribution in [3.63, 3.8) is 0 Å². The van der Waals surface area contributed by atoms with E-state index < -0.39 is 0 Å². The summed E-state index contributed by atoms with van der Waals surface area (Å²) in [6.45, 7) is 0.696. The van der Waals surface area contributed by atoms with Gasteiger partial charge < -0.3 is 9.64 Å². The highest BCUT2D eigenvalue weighted by Crippen LogP contribution is 2.26. The Morgan fingerprint density at radius 1 is 1.18 bits per heavy atom. The number of hydrogen-bond acceptors (Lipinski definition) is 2. The summed E-state index contributed by atoms with van der Waals surface area (Å²) >= 11 is 0. The molecular formula is C18H16FNO2. The first-order valence-corrected chi connectivity index (χ1v) is 7.06. The fourth-order valence-electron chi connectivity index (χ4n) is 2.42. The van der Waals surface area contributed by atoms with Crippen LogP contribution in [0.1, 0.15) is 11.1 Å². The summed E-state index contributed by atoms with van der Waals surface area (Å²) in [6.07, 6.45) is 1.86. The second kappa shape index (κ2) is 6.02. The number of halogens is 1. The van der Waals surface area contributed by atoms with E-state index in [1.54, 1.807) is 24.1 Å². The minimum absolute atomic E-state index is 0.0844. The highest BCUT2D eigenvalue weighted by molar-refractivity contribution is 5.99. The van der Waals surface area contributed by atoms with E-state index in [4.69, 9.17) is 4.74 Å². The van der Waals surface area contributed by atoms with Crippen molar-refractivity contribution in [2.75, 3.05) is 13.7 Å². The van der Waals surface area contributed by atoms with Crippen LogP contribution in [-0.4, -0.2) is 24.5 Å². The molecule has 2 aromatic carbocycles. The molecule has 0 aromatic heterocycles. The summed E-state index contributed by atoms with van der Waals surface area (Å²) in [7, 11) is 1.73. The van der Waals surface area contributed by atoms with E-state index in [1.165, 1.54) is 12.1 Å². The summed E-state index contributed by atoms with van der Waals surface area (Å²) in [5.41, 5.74) is 2.41. The lowest BCUT2D eigenvalue weighted by Gasteiger charge is -2.22. The highest BCUT2D eigenvalue weighted by Gasteiger charge is 2.20. The Kier molecular flexibility index (Phi) is 3.92. The van der Waals surface area contributed by atoms with Gasteiger partial charge in [0.25, 0.3) is 5.91 Å². The molecule has 3 nitrogen and oxygen atoms in total. The van der Waals surface area contributed by atoms with E-state index in [1.807, 2.05) is 30.3 Å². The molecule has 0 radical (unpaired) electrons. The molecule has 0 atom stereocenters. The molecule has 0 spiro atoms. The van der Waals surface area contributed by atoms with Crippen LogP contribution in [-0.2, 0) is 11.3 Å². The minimum atomic E-state index is -0.280. The van der Waals surface area contributed by atoms with Gasteiger partial charge in [-0.05, 0) is 29.8 Å². The second-order valence-corrected chi connectivity index (χ2v) is 5.28. The van der Waals surface area contributed by atoms with E-state index in [9.17, 15) is 9.18 Å². The van der Waals surface area contributed by atoms with Crippen LogP contribution in [0.5, 0.6) is 5.75 Å². The predicted molar refractivity (Wildman–Crippen MR) is 82.8 cm³/mol. The molecule has 0 bridgehead atoms. The molecule has 1 heterocycles. The Morgan fingerprint density at radius 2 is 1.91 bits per heavy atom. The van der Waals surface area contributed by atoms with Crippen molar-refractivity contribution < 1.29 is 13.9 Å².